The van der Waals surface area contributed by atoms with Crippen LogP contribution in [0.25, 0.3) is 11.1 Å². The van der Waals surface area contributed by atoms with Crippen molar-refractivity contribution in [1.82, 2.24) is 24.6 Å². The largest absolute Gasteiger partial charge is 0.487 e. The van der Waals surface area contributed by atoms with E-state index in [9.17, 15) is 10.4 Å². The van der Waals surface area contributed by atoms with Gasteiger partial charge in [0, 0.05) is 37.1 Å². The molecular formula is C35H47N9O4. The number of aromatic nitrogens is 4. The second-order valence-electron chi connectivity index (χ2n) is 13.6. The molecule has 3 heterocycles. The molecule has 48 heavy (non-hydrogen) atoms. The lowest BCUT2D eigenvalue weighted by molar-refractivity contribution is -0.0852. The van der Waals surface area contributed by atoms with Crippen molar-refractivity contribution in [2.75, 3.05) is 31.6 Å². The number of aliphatic imine (C=N–C) groups is 1. The molecule has 13 heteroatoms. The number of nitriles is 1. The highest BCUT2D eigenvalue weighted by molar-refractivity contribution is 5.67. The van der Waals surface area contributed by atoms with Gasteiger partial charge in [0.2, 0.25) is 5.95 Å². The Bertz CT molecular complexity index is 1580. The van der Waals surface area contributed by atoms with Crippen LogP contribution in [0.3, 0.4) is 0 Å². The summed E-state index contributed by atoms with van der Waals surface area (Å²) in [6, 6.07) is 8.37. The summed E-state index contributed by atoms with van der Waals surface area (Å²) in [6.45, 7) is 8.73. The van der Waals surface area contributed by atoms with E-state index < -0.39 is 5.60 Å². The molecule has 2 saturated carbocycles. The number of nitrogens with two attached hydrogens (primary N) is 1. The van der Waals surface area contributed by atoms with E-state index in [2.05, 4.69) is 45.1 Å². The van der Waals surface area contributed by atoms with Crippen molar-refractivity contribution in [3.8, 4) is 28.8 Å². The molecule has 0 bridgehead atoms. The van der Waals surface area contributed by atoms with Gasteiger partial charge in [-0.1, -0.05) is 6.07 Å². The molecule has 2 aliphatic carbocycles. The fraction of sp³-hybridized carbons (Fsp3) is 0.571. The molecule has 1 unspecified atom stereocenters. The third kappa shape index (κ3) is 8.06. The second-order valence-corrected chi connectivity index (χ2v) is 13.6. The summed E-state index contributed by atoms with van der Waals surface area (Å²) in [7, 11) is 0. The van der Waals surface area contributed by atoms with Crippen molar-refractivity contribution >= 4 is 18.0 Å². The summed E-state index contributed by atoms with van der Waals surface area (Å²) >= 11 is 0. The average Bonchev–Trinajstić information content (AvgIpc) is 3.47. The van der Waals surface area contributed by atoms with Crippen LogP contribution in [0.1, 0.15) is 77.3 Å². The highest BCUT2D eigenvalue weighted by atomic mass is 16.5. The van der Waals surface area contributed by atoms with Crippen LogP contribution in [0, 0.1) is 11.3 Å². The first-order chi connectivity index (χ1) is 23.2. The van der Waals surface area contributed by atoms with Gasteiger partial charge in [0.05, 0.1) is 48.5 Å². The van der Waals surface area contributed by atoms with E-state index in [4.69, 9.17) is 25.0 Å². The first kappa shape index (κ1) is 33.6. The molecule has 1 saturated heterocycles. The molecule has 0 radical (unpaired) electrons. The molecule has 6 rings (SSSR count). The van der Waals surface area contributed by atoms with E-state index in [1.165, 1.54) is 6.34 Å². The zero-order valence-electron chi connectivity index (χ0n) is 28.1. The Hall–Kier alpha value is -4.25. The maximum absolute atomic E-state index is 10.7. The van der Waals surface area contributed by atoms with Crippen LogP contribution < -0.4 is 20.5 Å². The van der Waals surface area contributed by atoms with Gasteiger partial charge >= 0.3 is 0 Å². The van der Waals surface area contributed by atoms with Crippen molar-refractivity contribution < 1.29 is 19.3 Å². The number of benzene rings is 1. The van der Waals surface area contributed by atoms with Gasteiger partial charge in [-0.15, -0.1) is 5.10 Å². The minimum atomic E-state index is -0.803. The smallest absolute Gasteiger partial charge is 0.257 e. The van der Waals surface area contributed by atoms with Gasteiger partial charge in [0.25, 0.3) is 5.88 Å². The van der Waals surface area contributed by atoms with Gasteiger partial charge < -0.3 is 30.4 Å². The van der Waals surface area contributed by atoms with Crippen molar-refractivity contribution in [2.45, 2.75) is 102 Å². The fourth-order valence-electron chi connectivity index (χ4n) is 6.91. The predicted molar refractivity (Wildman–Crippen MR) is 182 cm³/mol. The van der Waals surface area contributed by atoms with Gasteiger partial charge in [-0.25, -0.2) is 9.97 Å². The number of ether oxygens (including phenoxy) is 3. The van der Waals surface area contributed by atoms with Crippen LogP contribution in [0.2, 0.25) is 0 Å². The van der Waals surface area contributed by atoms with Crippen molar-refractivity contribution in [2.24, 2.45) is 10.7 Å². The van der Waals surface area contributed by atoms with E-state index >= 15 is 0 Å². The first-order valence-electron chi connectivity index (χ1n) is 17.1. The molecule has 2 aromatic heterocycles. The second kappa shape index (κ2) is 14.9. The maximum atomic E-state index is 10.7. The van der Waals surface area contributed by atoms with E-state index in [-0.39, 0.29) is 31.0 Å². The first-order valence-corrected chi connectivity index (χ1v) is 17.1. The molecule has 1 aromatic carbocycles. The number of nitrogens with zero attached hydrogens (tertiary/aromatic N) is 7. The van der Waals surface area contributed by atoms with Crippen LogP contribution in [-0.2, 0) is 4.74 Å². The maximum Gasteiger partial charge on any atom is 0.257 e. The van der Waals surface area contributed by atoms with Crippen LogP contribution in [0.5, 0.6) is 11.6 Å². The van der Waals surface area contributed by atoms with Gasteiger partial charge in [0.1, 0.15) is 30.2 Å². The van der Waals surface area contributed by atoms with Gasteiger partial charge in [-0.3, -0.25) is 14.6 Å². The number of anilines is 2. The zero-order valence-corrected chi connectivity index (χ0v) is 28.1. The minimum absolute atomic E-state index is 0.193. The Morgan fingerprint density at radius 3 is 2.50 bits per heavy atom. The van der Waals surface area contributed by atoms with Gasteiger partial charge in [-0.05, 0) is 83.4 Å². The molecule has 13 nitrogen and oxygen atoms in total. The number of aliphatic hydroxyl groups is 1. The van der Waals surface area contributed by atoms with Gasteiger partial charge in [0.15, 0.2) is 0 Å². The van der Waals surface area contributed by atoms with Crippen LogP contribution >= 0.6 is 0 Å². The molecule has 4 N–H and O–H groups in total. The molecule has 3 aliphatic rings. The van der Waals surface area contributed by atoms with Crippen molar-refractivity contribution in [3.63, 3.8) is 0 Å². The third-order valence-corrected chi connectivity index (χ3v) is 9.59. The summed E-state index contributed by atoms with van der Waals surface area (Å²) < 4.78 is 20.1. The molecule has 3 aromatic rings. The van der Waals surface area contributed by atoms with Crippen LogP contribution in [0.4, 0.5) is 11.6 Å². The zero-order chi connectivity index (χ0) is 33.7. The fourth-order valence-corrected chi connectivity index (χ4v) is 6.91. The molecule has 0 spiro atoms. The van der Waals surface area contributed by atoms with E-state index in [0.717, 1.165) is 69.2 Å². The number of morpholine rings is 1. The Kier molecular flexibility index (Phi) is 10.4. The quantitative estimate of drug-likeness (QED) is 0.184. The number of nitrogens with one attached hydrogen (secondary N) is 1. The van der Waals surface area contributed by atoms with Crippen LogP contribution in [0.15, 0.2) is 41.8 Å². The molecule has 256 valence electrons. The summed E-state index contributed by atoms with van der Waals surface area (Å²) in [5, 5.41) is 28.5. The number of hydrogen-bond acceptors (Lipinski definition) is 11. The average molecular weight is 658 g/mol. The summed E-state index contributed by atoms with van der Waals surface area (Å²) in [4.78, 5) is 15.8. The summed E-state index contributed by atoms with van der Waals surface area (Å²) in [5.74, 6) is 1.29. The Morgan fingerprint density at radius 2 is 1.85 bits per heavy atom. The molecule has 3 fully saturated rings. The Morgan fingerprint density at radius 1 is 1.15 bits per heavy atom. The van der Waals surface area contributed by atoms with E-state index in [0.29, 0.717) is 41.4 Å². The van der Waals surface area contributed by atoms with Gasteiger partial charge in [-0.2, -0.15) is 5.26 Å². The Balaban J connectivity index is 1.15. The monoisotopic (exact) mass is 657 g/mol. The number of hydrogen-bond donors (Lipinski definition) is 3. The molecular weight excluding hydrogens is 610 g/mol. The van der Waals surface area contributed by atoms with E-state index in [1.807, 2.05) is 29.9 Å². The highest BCUT2D eigenvalue weighted by Crippen LogP contribution is 2.37. The lowest BCUT2D eigenvalue weighted by atomic mass is 9.81. The normalized spacial score (nSPS) is 24.8. The van der Waals surface area contributed by atoms with Crippen LogP contribution in [-0.4, -0.2) is 92.3 Å². The predicted octanol–water partition coefficient (Wildman–Crippen LogP) is 4.60. The summed E-state index contributed by atoms with van der Waals surface area (Å²) in [6.07, 6.45) is 13.6. The van der Waals surface area contributed by atoms with E-state index in [1.54, 1.807) is 18.5 Å². The Labute approximate surface area is 282 Å². The lowest BCUT2D eigenvalue weighted by Gasteiger charge is -2.42. The molecule has 3 atom stereocenters. The van der Waals surface area contributed by atoms with Crippen molar-refractivity contribution in [3.05, 3.63) is 42.4 Å². The topological polar surface area (TPSA) is 169 Å². The molecule has 0 amide bonds. The summed E-state index contributed by atoms with van der Waals surface area (Å²) in [5.41, 5.74) is 7.22. The molecule has 1 aliphatic heterocycles. The lowest BCUT2D eigenvalue weighted by Crippen LogP contribution is -2.51. The SMILES string of the molecule is CC1CN(C2CCC(n3cc(Nc4ncc(-c5ccc(C#N)c(O[C@@H](C)CN=CN)c5)cn4)c(OCC4(O)CCC4)n3)CC2)C[C@@H](C)O1. The van der Waals surface area contributed by atoms with Crippen molar-refractivity contribution in [1.29, 1.82) is 5.26 Å². The standard InChI is InChI=1S/C35H47N9O4/c1-23(15-38-22-37)48-32-13-26(5-6-27(32)14-36)28-16-39-34(40-17-28)41-31-20-44(42-33(31)46-21-35(45)11-4-12-35)30-9-7-29(8-10-30)43-18-24(2)47-25(3)19-43/h5-6,13,16-17,20,22-25,29-30,45H,4,7-12,15,18-19,21H2,1-3H3,(H2,37,38)(H,39,40,41)/t23-,24+,25?,29?,30?/m0/s1. The highest BCUT2D eigenvalue weighted by Gasteiger charge is 2.36. The minimum Gasteiger partial charge on any atom is -0.487 e. The third-order valence-electron chi connectivity index (χ3n) is 9.59. The number of rotatable bonds is 12.